The molecule has 0 spiro atoms. The summed E-state index contributed by atoms with van der Waals surface area (Å²) in [5.41, 5.74) is 0. The molecule has 0 saturated heterocycles. The lowest BCUT2D eigenvalue weighted by Gasteiger charge is -2.22. The second-order valence-electron chi connectivity index (χ2n) is 5.44. The Labute approximate surface area is 113 Å². The highest BCUT2D eigenvalue weighted by Gasteiger charge is 2.28. The summed E-state index contributed by atoms with van der Waals surface area (Å²) in [5, 5.41) is 7.24. The molecule has 2 fully saturated rings. The largest absolute Gasteiger partial charge is 0.376 e. The fourth-order valence-corrected chi connectivity index (χ4v) is 2.97. The van der Waals surface area contributed by atoms with Crippen LogP contribution in [0, 0.1) is 4.77 Å². The van der Waals surface area contributed by atoms with E-state index in [1.54, 1.807) is 0 Å². The van der Waals surface area contributed by atoms with E-state index in [2.05, 4.69) is 14.8 Å². The number of hydrogen-bond acceptors (Lipinski definition) is 3. The molecular formula is C13H21N3OS. The molecule has 0 atom stereocenters. The topological polar surface area (TPSA) is 42.8 Å². The van der Waals surface area contributed by atoms with Gasteiger partial charge < -0.3 is 9.30 Å². The van der Waals surface area contributed by atoms with E-state index in [0.717, 1.165) is 23.7 Å². The van der Waals surface area contributed by atoms with Crippen molar-refractivity contribution in [1.82, 2.24) is 14.8 Å². The average molecular weight is 267 g/mol. The average Bonchev–Trinajstić information content (AvgIpc) is 3.17. The fourth-order valence-electron chi connectivity index (χ4n) is 2.74. The Bertz CT molecular complexity index is 443. The summed E-state index contributed by atoms with van der Waals surface area (Å²) < 4.78 is 8.82. The molecule has 0 radical (unpaired) electrons. The number of hydrogen-bond donors (Lipinski definition) is 1. The maximum Gasteiger partial charge on any atom is 0.195 e. The van der Waals surface area contributed by atoms with Gasteiger partial charge in [0.15, 0.2) is 4.77 Å². The third-order valence-corrected chi connectivity index (χ3v) is 4.26. The van der Waals surface area contributed by atoms with Gasteiger partial charge in [0.1, 0.15) is 5.82 Å². The Hall–Kier alpha value is -0.680. The van der Waals surface area contributed by atoms with Gasteiger partial charge in [0.2, 0.25) is 0 Å². The number of ether oxygens (including phenoxy) is 1. The Morgan fingerprint density at radius 2 is 2.00 bits per heavy atom. The number of nitrogens with zero attached hydrogens (tertiary/aromatic N) is 2. The van der Waals surface area contributed by atoms with E-state index >= 15 is 0 Å². The lowest BCUT2D eigenvalue weighted by atomic mass is 9.98. The zero-order valence-corrected chi connectivity index (χ0v) is 11.5. The number of rotatable bonds is 5. The zero-order chi connectivity index (χ0) is 12.4. The van der Waals surface area contributed by atoms with E-state index in [4.69, 9.17) is 17.0 Å². The summed E-state index contributed by atoms with van der Waals surface area (Å²) >= 11 is 5.28. The number of aromatic nitrogens is 3. The standard InChI is InChI=1S/C13H21N3OS/c18-13-15-14-12(10-6-7-10)16(13)8-9-17-11-4-2-1-3-5-11/h10-11H,1-9H2,(H,15,18). The van der Waals surface area contributed by atoms with Gasteiger partial charge in [0, 0.05) is 5.92 Å². The first-order chi connectivity index (χ1) is 8.84. The number of aromatic amines is 1. The van der Waals surface area contributed by atoms with Gasteiger partial charge in [-0.05, 0) is 37.9 Å². The summed E-state index contributed by atoms with van der Waals surface area (Å²) in [6, 6.07) is 0. The van der Waals surface area contributed by atoms with Crippen LogP contribution in [0.15, 0.2) is 0 Å². The second kappa shape index (κ2) is 5.53. The monoisotopic (exact) mass is 267 g/mol. The van der Waals surface area contributed by atoms with Gasteiger partial charge in [-0.15, -0.1) is 0 Å². The molecule has 0 aromatic carbocycles. The van der Waals surface area contributed by atoms with Crippen molar-refractivity contribution in [1.29, 1.82) is 0 Å². The van der Waals surface area contributed by atoms with E-state index in [1.165, 1.54) is 44.9 Å². The lowest BCUT2D eigenvalue weighted by Crippen LogP contribution is -2.19. The quantitative estimate of drug-likeness (QED) is 0.833. The van der Waals surface area contributed by atoms with Crippen LogP contribution in [-0.4, -0.2) is 27.5 Å². The predicted molar refractivity (Wildman–Crippen MR) is 72.2 cm³/mol. The molecule has 2 aliphatic rings. The molecule has 0 aliphatic heterocycles. The van der Waals surface area contributed by atoms with E-state index in [1.807, 2.05) is 0 Å². The van der Waals surface area contributed by atoms with Gasteiger partial charge in [0.25, 0.3) is 0 Å². The van der Waals surface area contributed by atoms with Crippen LogP contribution in [-0.2, 0) is 11.3 Å². The SMILES string of the molecule is S=c1[nH]nc(C2CC2)n1CCOC1CCCCC1. The molecule has 4 nitrogen and oxygen atoms in total. The van der Waals surface area contributed by atoms with Crippen LogP contribution in [0.5, 0.6) is 0 Å². The van der Waals surface area contributed by atoms with Crippen LogP contribution in [0.25, 0.3) is 0 Å². The fraction of sp³-hybridized carbons (Fsp3) is 0.846. The molecule has 0 amide bonds. The molecule has 1 heterocycles. The van der Waals surface area contributed by atoms with Crippen molar-refractivity contribution in [2.75, 3.05) is 6.61 Å². The lowest BCUT2D eigenvalue weighted by molar-refractivity contribution is 0.0236. The summed E-state index contributed by atoms with van der Waals surface area (Å²) in [6.07, 6.45) is 9.46. The first-order valence-corrected chi connectivity index (χ1v) is 7.52. The van der Waals surface area contributed by atoms with Crippen LogP contribution >= 0.6 is 12.2 Å². The molecule has 1 N–H and O–H groups in total. The van der Waals surface area contributed by atoms with Crippen molar-refractivity contribution < 1.29 is 4.74 Å². The predicted octanol–water partition coefficient (Wildman–Crippen LogP) is 3.17. The van der Waals surface area contributed by atoms with E-state index in [0.29, 0.717) is 12.0 Å². The minimum Gasteiger partial charge on any atom is -0.376 e. The first-order valence-electron chi connectivity index (χ1n) is 7.11. The number of nitrogens with one attached hydrogen (secondary N) is 1. The van der Waals surface area contributed by atoms with Crippen molar-refractivity contribution in [3.8, 4) is 0 Å². The Balaban J connectivity index is 1.53. The van der Waals surface area contributed by atoms with Crippen molar-refractivity contribution in [2.45, 2.75) is 63.5 Å². The molecule has 1 aromatic rings. The summed E-state index contributed by atoms with van der Waals surface area (Å²) in [6.45, 7) is 1.61. The van der Waals surface area contributed by atoms with Gasteiger partial charge in [-0.25, -0.2) is 0 Å². The first kappa shape index (κ1) is 12.4. The van der Waals surface area contributed by atoms with Crippen molar-refractivity contribution in [2.24, 2.45) is 0 Å². The molecule has 2 saturated carbocycles. The van der Waals surface area contributed by atoms with Crippen LogP contribution in [0.1, 0.15) is 56.7 Å². The van der Waals surface area contributed by atoms with Gasteiger partial charge >= 0.3 is 0 Å². The maximum atomic E-state index is 5.96. The summed E-state index contributed by atoms with van der Waals surface area (Å²) in [7, 11) is 0. The highest BCUT2D eigenvalue weighted by atomic mass is 32.1. The van der Waals surface area contributed by atoms with Crippen LogP contribution in [0.3, 0.4) is 0 Å². The van der Waals surface area contributed by atoms with Crippen molar-refractivity contribution in [3.63, 3.8) is 0 Å². The minimum atomic E-state index is 0.476. The van der Waals surface area contributed by atoms with E-state index in [-0.39, 0.29) is 0 Å². The molecule has 18 heavy (non-hydrogen) atoms. The minimum absolute atomic E-state index is 0.476. The summed E-state index contributed by atoms with van der Waals surface area (Å²) in [5.74, 6) is 1.76. The molecule has 1 aromatic heterocycles. The molecular weight excluding hydrogens is 246 g/mol. The summed E-state index contributed by atoms with van der Waals surface area (Å²) in [4.78, 5) is 0. The maximum absolute atomic E-state index is 5.96. The van der Waals surface area contributed by atoms with E-state index in [9.17, 15) is 0 Å². The van der Waals surface area contributed by atoms with Gasteiger partial charge in [-0.1, -0.05) is 19.3 Å². The molecule has 2 aliphatic carbocycles. The Kier molecular flexibility index (Phi) is 3.80. The van der Waals surface area contributed by atoms with Crippen LogP contribution in [0.4, 0.5) is 0 Å². The zero-order valence-electron chi connectivity index (χ0n) is 10.7. The second-order valence-corrected chi connectivity index (χ2v) is 5.83. The number of H-pyrrole nitrogens is 1. The molecule has 3 rings (SSSR count). The van der Waals surface area contributed by atoms with Gasteiger partial charge in [-0.3, -0.25) is 5.10 Å². The molecule has 100 valence electrons. The highest BCUT2D eigenvalue weighted by Crippen LogP contribution is 2.38. The third kappa shape index (κ3) is 2.83. The normalized spacial score (nSPS) is 21.3. The smallest absolute Gasteiger partial charge is 0.195 e. The van der Waals surface area contributed by atoms with Crippen molar-refractivity contribution in [3.05, 3.63) is 10.6 Å². The Morgan fingerprint density at radius 3 is 2.72 bits per heavy atom. The van der Waals surface area contributed by atoms with Gasteiger partial charge in [0.05, 0.1) is 19.3 Å². The van der Waals surface area contributed by atoms with Crippen LogP contribution < -0.4 is 0 Å². The van der Waals surface area contributed by atoms with E-state index < -0.39 is 0 Å². The van der Waals surface area contributed by atoms with Crippen LogP contribution in [0.2, 0.25) is 0 Å². The molecule has 5 heteroatoms. The van der Waals surface area contributed by atoms with Crippen molar-refractivity contribution >= 4 is 12.2 Å². The van der Waals surface area contributed by atoms with Gasteiger partial charge in [-0.2, -0.15) is 5.10 Å². The molecule has 0 unspecified atom stereocenters. The Morgan fingerprint density at radius 1 is 1.22 bits per heavy atom. The third-order valence-electron chi connectivity index (χ3n) is 3.95. The molecule has 0 bridgehead atoms. The highest BCUT2D eigenvalue weighted by molar-refractivity contribution is 7.71.